The standard InChI is InChI=1S/C18H19N3O3/c1-5-6-7-8-12(2)21-18-14-9-17(24-13(3)22)16(23-4)10-15(14)19-11-20-18/h5-11H,1H2,2-4H3,(H,19,20,21)/b7-6-,12-8+. The van der Waals surface area contributed by atoms with E-state index >= 15 is 0 Å². The van der Waals surface area contributed by atoms with Crippen molar-refractivity contribution in [3.63, 3.8) is 0 Å². The van der Waals surface area contributed by atoms with Crippen LogP contribution >= 0.6 is 0 Å². The Bertz CT molecular complexity index is 826. The van der Waals surface area contributed by atoms with E-state index in [4.69, 9.17) is 9.47 Å². The van der Waals surface area contributed by atoms with E-state index in [1.807, 2.05) is 25.2 Å². The summed E-state index contributed by atoms with van der Waals surface area (Å²) in [5.74, 6) is 0.938. The number of aromatic nitrogens is 2. The molecule has 0 radical (unpaired) electrons. The molecule has 124 valence electrons. The van der Waals surface area contributed by atoms with Crippen LogP contribution in [0.2, 0.25) is 0 Å². The van der Waals surface area contributed by atoms with Crippen molar-refractivity contribution in [2.24, 2.45) is 0 Å². The number of hydrogen-bond acceptors (Lipinski definition) is 6. The minimum atomic E-state index is -0.426. The van der Waals surface area contributed by atoms with Crippen LogP contribution < -0.4 is 14.8 Å². The van der Waals surface area contributed by atoms with Gasteiger partial charge in [-0.15, -0.1) is 0 Å². The van der Waals surface area contributed by atoms with E-state index in [9.17, 15) is 4.79 Å². The van der Waals surface area contributed by atoms with Crippen LogP contribution in [0.5, 0.6) is 11.5 Å². The van der Waals surface area contributed by atoms with E-state index < -0.39 is 5.97 Å². The number of anilines is 1. The smallest absolute Gasteiger partial charge is 0.308 e. The fourth-order valence-electron chi connectivity index (χ4n) is 2.06. The zero-order valence-corrected chi connectivity index (χ0v) is 13.9. The molecule has 6 heteroatoms. The van der Waals surface area contributed by atoms with Crippen LogP contribution in [-0.2, 0) is 4.79 Å². The van der Waals surface area contributed by atoms with Crippen molar-refractivity contribution in [3.05, 3.63) is 55.0 Å². The molecule has 0 saturated carbocycles. The summed E-state index contributed by atoms with van der Waals surface area (Å²) in [7, 11) is 1.51. The lowest BCUT2D eigenvalue weighted by Crippen LogP contribution is -2.04. The molecule has 0 unspecified atom stereocenters. The van der Waals surface area contributed by atoms with Gasteiger partial charge in [0.2, 0.25) is 0 Å². The van der Waals surface area contributed by atoms with E-state index in [0.717, 1.165) is 11.1 Å². The number of ether oxygens (including phenoxy) is 2. The van der Waals surface area contributed by atoms with Crippen LogP contribution in [0.4, 0.5) is 5.82 Å². The predicted octanol–water partition coefficient (Wildman–Crippen LogP) is 3.62. The van der Waals surface area contributed by atoms with Crippen molar-refractivity contribution < 1.29 is 14.3 Å². The number of nitrogens with zero attached hydrogens (tertiary/aromatic N) is 2. The second-order valence-electron chi connectivity index (χ2n) is 4.93. The van der Waals surface area contributed by atoms with E-state index in [1.54, 1.807) is 18.2 Å². The Morgan fingerprint density at radius 1 is 1.21 bits per heavy atom. The van der Waals surface area contributed by atoms with Gasteiger partial charge in [0.25, 0.3) is 0 Å². The molecule has 6 nitrogen and oxygen atoms in total. The molecule has 1 heterocycles. The highest BCUT2D eigenvalue weighted by atomic mass is 16.6. The topological polar surface area (TPSA) is 73.3 Å². The van der Waals surface area contributed by atoms with Gasteiger partial charge in [0.05, 0.1) is 12.6 Å². The average Bonchev–Trinajstić information content (AvgIpc) is 2.54. The number of benzene rings is 1. The van der Waals surface area contributed by atoms with Crippen LogP contribution in [0.25, 0.3) is 10.9 Å². The van der Waals surface area contributed by atoms with Gasteiger partial charge in [-0.25, -0.2) is 9.97 Å². The number of rotatable bonds is 6. The number of nitrogens with one attached hydrogen (secondary N) is 1. The first-order valence-electron chi connectivity index (χ1n) is 7.29. The number of carbonyl (C=O) groups is 1. The third-order valence-corrected chi connectivity index (χ3v) is 3.08. The molecular weight excluding hydrogens is 306 g/mol. The fraction of sp³-hybridized carbons (Fsp3) is 0.167. The number of allylic oxidation sites excluding steroid dienone is 5. The molecule has 0 saturated heterocycles. The summed E-state index contributed by atoms with van der Waals surface area (Å²) >= 11 is 0. The van der Waals surface area contributed by atoms with Crippen LogP contribution in [0.1, 0.15) is 13.8 Å². The minimum absolute atomic E-state index is 0.323. The summed E-state index contributed by atoms with van der Waals surface area (Å²) in [5, 5.41) is 3.92. The molecule has 0 bridgehead atoms. The SMILES string of the molecule is C=C/C=C\C=C(/C)Nc1ncnc2cc(OC)c(OC(C)=O)cc12. The fourth-order valence-corrected chi connectivity index (χ4v) is 2.06. The molecule has 2 rings (SSSR count). The molecule has 0 aliphatic heterocycles. The molecule has 0 aliphatic rings. The third kappa shape index (κ3) is 4.19. The lowest BCUT2D eigenvalue weighted by atomic mass is 10.2. The molecule has 2 aromatic rings. The summed E-state index contributed by atoms with van der Waals surface area (Å²) < 4.78 is 10.5. The number of carbonyl (C=O) groups excluding carboxylic acids is 1. The van der Waals surface area contributed by atoms with Crippen LogP contribution in [0.3, 0.4) is 0 Å². The Labute approximate surface area is 140 Å². The molecule has 1 N–H and O–H groups in total. The Kier molecular flexibility index (Phi) is 5.68. The Morgan fingerprint density at radius 2 is 2.00 bits per heavy atom. The number of hydrogen-bond donors (Lipinski definition) is 1. The molecule has 0 atom stereocenters. The largest absolute Gasteiger partial charge is 0.493 e. The zero-order valence-electron chi connectivity index (χ0n) is 13.9. The first kappa shape index (κ1) is 17.2. The molecule has 0 fully saturated rings. The van der Waals surface area contributed by atoms with E-state index in [2.05, 4.69) is 21.9 Å². The van der Waals surface area contributed by atoms with Gasteiger partial charge in [-0.2, -0.15) is 0 Å². The third-order valence-electron chi connectivity index (χ3n) is 3.08. The number of esters is 1. The van der Waals surface area contributed by atoms with Crippen LogP contribution in [-0.4, -0.2) is 23.0 Å². The Balaban J connectivity index is 2.47. The van der Waals surface area contributed by atoms with Gasteiger partial charge in [-0.1, -0.05) is 24.8 Å². The summed E-state index contributed by atoms with van der Waals surface area (Å²) in [4.78, 5) is 19.8. The molecule has 0 amide bonds. The van der Waals surface area contributed by atoms with Crippen molar-refractivity contribution in [3.8, 4) is 11.5 Å². The second-order valence-corrected chi connectivity index (χ2v) is 4.93. The van der Waals surface area contributed by atoms with E-state index in [-0.39, 0.29) is 0 Å². The van der Waals surface area contributed by atoms with Crippen molar-refractivity contribution in [2.45, 2.75) is 13.8 Å². The normalized spacial score (nSPS) is 11.5. The maximum atomic E-state index is 11.3. The summed E-state index contributed by atoms with van der Waals surface area (Å²) in [6, 6.07) is 3.39. The van der Waals surface area contributed by atoms with Gasteiger partial charge in [-0.05, 0) is 19.1 Å². The van der Waals surface area contributed by atoms with Gasteiger partial charge in [-0.3, -0.25) is 4.79 Å². The summed E-state index contributed by atoms with van der Waals surface area (Å²) in [6.45, 7) is 6.87. The molecule has 24 heavy (non-hydrogen) atoms. The van der Waals surface area contributed by atoms with Gasteiger partial charge >= 0.3 is 5.97 Å². The maximum absolute atomic E-state index is 11.3. The highest BCUT2D eigenvalue weighted by Crippen LogP contribution is 2.34. The molecule has 1 aromatic carbocycles. The summed E-state index contributed by atoms with van der Waals surface area (Å²) in [6.07, 6.45) is 8.75. The Morgan fingerprint density at radius 3 is 2.67 bits per heavy atom. The van der Waals surface area contributed by atoms with Crippen LogP contribution in [0.15, 0.2) is 55.0 Å². The first-order chi connectivity index (χ1) is 11.5. The summed E-state index contributed by atoms with van der Waals surface area (Å²) in [5.41, 5.74) is 1.56. The highest BCUT2D eigenvalue weighted by molar-refractivity contribution is 5.92. The Hall–Kier alpha value is -3.15. The number of fused-ring (bicyclic) bond motifs is 1. The lowest BCUT2D eigenvalue weighted by molar-refractivity contribution is -0.132. The first-order valence-corrected chi connectivity index (χ1v) is 7.29. The lowest BCUT2D eigenvalue weighted by Gasteiger charge is -2.12. The monoisotopic (exact) mass is 325 g/mol. The van der Waals surface area contributed by atoms with Gasteiger partial charge < -0.3 is 14.8 Å². The van der Waals surface area contributed by atoms with Crippen molar-refractivity contribution in [1.29, 1.82) is 0 Å². The van der Waals surface area contributed by atoms with Crippen molar-refractivity contribution >= 4 is 22.7 Å². The van der Waals surface area contributed by atoms with E-state index in [1.165, 1.54) is 20.4 Å². The minimum Gasteiger partial charge on any atom is -0.493 e. The van der Waals surface area contributed by atoms with Crippen molar-refractivity contribution in [1.82, 2.24) is 9.97 Å². The molecule has 0 spiro atoms. The second kappa shape index (κ2) is 7.92. The maximum Gasteiger partial charge on any atom is 0.308 e. The van der Waals surface area contributed by atoms with Crippen LogP contribution in [0, 0.1) is 0 Å². The van der Waals surface area contributed by atoms with Gasteiger partial charge in [0.15, 0.2) is 11.5 Å². The zero-order chi connectivity index (χ0) is 17.5. The molecule has 1 aromatic heterocycles. The van der Waals surface area contributed by atoms with Gasteiger partial charge in [0.1, 0.15) is 12.1 Å². The molecule has 0 aliphatic carbocycles. The van der Waals surface area contributed by atoms with E-state index in [0.29, 0.717) is 22.8 Å². The molecular formula is C18H19N3O3. The highest BCUT2D eigenvalue weighted by Gasteiger charge is 2.13. The average molecular weight is 325 g/mol. The van der Waals surface area contributed by atoms with Crippen molar-refractivity contribution in [2.75, 3.05) is 12.4 Å². The predicted molar refractivity (Wildman–Crippen MR) is 94.1 cm³/mol. The quantitative estimate of drug-likeness (QED) is 0.497. The van der Waals surface area contributed by atoms with Gasteiger partial charge in [0, 0.05) is 24.1 Å². The number of methoxy groups -OCH3 is 1.